The van der Waals surface area contributed by atoms with Crippen LogP contribution in [0.4, 0.5) is 0 Å². The Morgan fingerprint density at radius 2 is 2.56 bits per heavy atom. The Morgan fingerprint density at radius 1 is 1.89 bits per heavy atom. The Hall–Kier alpha value is -0.730. The van der Waals surface area contributed by atoms with Crippen LogP contribution < -0.4 is 0 Å². The second-order valence-electron chi connectivity index (χ2n) is 2.20. The third-order valence-corrected chi connectivity index (χ3v) is 1.07. The van der Waals surface area contributed by atoms with E-state index >= 15 is 0 Å². The summed E-state index contributed by atoms with van der Waals surface area (Å²) in [6.07, 6.45) is -0.282. The largest absolute Gasteiger partial charge is 0.393 e. The van der Waals surface area contributed by atoms with E-state index in [-0.39, 0.29) is 18.6 Å². The van der Waals surface area contributed by atoms with E-state index in [9.17, 15) is 0 Å². The maximum Gasteiger partial charge on any atom is 0.210 e. The molecular formula is C5H11N3O. The summed E-state index contributed by atoms with van der Waals surface area (Å²) in [5.74, 6) is 0.211. The summed E-state index contributed by atoms with van der Waals surface area (Å²) in [7, 11) is 0. The highest BCUT2D eigenvalue weighted by atomic mass is 16.3. The van der Waals surface area contributed by atoms with Crippen LogP contribution >= 0.6 is 0 Å². The van der Waals surface area contributed by atoms with E-state index in [1.54, 1.807) is 0 Å². The molecule has 0 aliphatic rings. The molecule has 0 unspecified atom stereocenters. The van der Waals surface area contributed by atoms with E-state index in [4.69, 9.17) is 6.96 Å². The molecule has 9 heavy (non-hydrogen) atoms. The summed E-state index contributed by atoms with van der Waals surface area (Å²) in [6, 6.07) is 0. The molecule has 0 radical (unpaired) electrons. The van der Waals surface area contributed by atoms with Gasteiger partial charge in [-0.05, 0) is 11.4 Å². The monoisotopic (exact) mass is 131 g/mol. The summed E-state index contributed by atoms with van der Waals surface area (Å²) >= 11 is 0. The highest BCUT2D eigenvalue weighted by Crippen LogP contribution is 2.00. The fourth-order valence-electron chi connectivity index (χ4n) is 0.328. The van der Waals surface area contributed by atoms with Crippen molar-refractivity contribution < 1.29 is 5.11 Å². The molecule has 0 aliphatic carbocycles. The molecule has 52 valence electrons. The molecule has 0 fully saturated rings. The van der Waals surface area contributed by atoms with Crippen LogP contribution in [-0.4, -0.2) is 19.2 Å². The lowest BCUT2D eigenvalue weighted by Crippen LogP contribution is -2.17. The molecular weight excluding hydrogens is 118 g/mol. The van der Waals surface area contributed by atoms with Crippen LogP contribution in [0.3, 0.4) is 0 Å². The molecule has 0 aromatic carbocycles. The number of hydrogen-bond donors (Lipinski definition) is 1. The second-order valence-corrected chi connectivity index (χ2v) is 2.20. The van der Waals surface area contributed by atoms with Gasteiger partial charge in [0.25, 0.3) is 0 Å². The minimum absolute atomic E-state index is 0.211. The molecule has 0 aromatic rings. The van der Waals surface area contributed by atoms with Gasteiger partial charge in [-0.3, -0.25) is 0 Å². The number of aliphatic hydroxyl groups is 1. The van der Waals surface area contributed by atoms with Gasteiger partial charge in [-0.15, -0.1) is 0 Å². The van der Waals surface area contributed by atoms with Crippen LogP contribution in [0, 0.1) is 5.92 Å². The van der Waals surface area contributed by atoms with Crippen molar-refractivity contribution in [2.24, 2.45) is 11.0 Å². The Morgan fingerprint density at radius 3 is 2.89 bits per heavy atom. The lowest BCUT2D eigenvalue weighted by Gasteiger charge is -2.09. The number of hydrogen-bond acceptors (Lipinski definition) is 2. The molecule has 0 heterocycles. The lowest BCUT2D eigenvalue weighted by molar-refractivity contribution is 0.133. The number of nitrogens with zero attached hydrogens (tertiary/aromatic N) is 3. The summed E-state index contributed by atoms with van der Waals surface area (Å²) in [5.41, 5.74) is 7.93. The smallest absolute Gasteiger partial charge is 0.210 e. The molecule has 1 N–H and O–H groups in total. The maximum atomic E-state index is 7.93. The molecule has 0 aliphatic heterocycles. The first-order chi connectivity index (χ1) is 4.72. The van der Waals surface area contributed by atoms with Crippen molar-refractivity contribution in [2.75, 3.05) is 6.54 Å². The highest BCUT2D eigenvalue weighted by Gasteiger charge is 2.05. The van der Waals surface area contributed by atoms with E-state index in [0.29, 0.717) is 0 Å². The summed E-state index contributed by atoms with van der Waals surface area (Å²) in [5, 5.41) is 7.60. The molecule has 0 saturated heterocycles. The number of rotatable bonds is 4. The first-order valence-electron chi connectivity index (χ1n) is 3.26. The standard InChI is InChI=1S/C5H11N3O/c1-4(2)5(9)3-7-8-6/h4-5,9H,3H2,1-2H3/t5-/m0/s1/i9T. The van der Waals surface area contributed by atoms with Gasteiger partial charge >= 0.3 is 0 Å². The molecule has 0 amide bonds. The average Bonchev–Trinajstić information content (AvgIpc) is 1.89. The average molecular weight is 131 g/mol. The van der Waals surface area contributed by atoms with Crippen LogP contribution in [0.5, 0.6) is 0 Å². The summed E-state index contributed by atoms with van der Waals surface area (Å²) in [4.78, 5) is 2.57. The Labute approximate surface area is 55.6 Å². The van der Waals surface area contributed by atoms with Crippen LogP contribution in [0.25, 0.3) is 10.4 Å². The predicted molar refractivity (Wildman–Crippen MR) is 34.9 cm³/mol. The van der Waals surface area contributed by atoms with Gasteiger partial charge in [0.2, 0.25) is 1.43 Å². The summed E-state index contributed by atoms with van der Waals surface area (Å²) < 4.78 is 6.59. The van der Waals surface area contributed by atoms with E-state index in [1.165, 1.54) is 0 Å². The molecule has 4 nitrogen and oxygen atoms in total. The lowest BCUT2D eigenvalue weighted by atomic mass is 10.1. The highest BCUT2D eigenvalue weighted by molar-refractivity contribution is 4.62. The molecule has 0 bridgehead atoms. The Balaban J connectivity index is 3.70. The van der Waals surface area contributed by atoms with Crippen molar-refractivity contribution in [1.82, 2.24) is 0 Å². The van der Waals surface area contributed by atoms with Gasteiger partial charge in [0, 0.05) is 4.91 Å². The Bertz CT molecular complexity index is 133. The first kappa shape index (κ1) is 6.39. The van der Waals surface area contributed by atoms with Crippen molar-refractivity contribution in [3.05, 3.63) is 10.4 Å². The van der Waals surface area contributed by atoms with Gasteiger partial charge in [0.1, 0.15) is 0 Å². The third-order valence-electron chi connectivity index (χ3n) is 1.07. The van der Waals surface area contributed by atoms with Gasteiger partial charge in [-0.1, -0.05) is 19.0 Å². The fourth-order valence-corrected chi connectivity index (χ4v) is 0.328. The van der Waals surface area contributed by atoms with Crippen molar-refractivity contribution in [3.8, 4) is 0 Å². The zero-order valence-corrected chi connectivity index (χ0v) is 5.61. The minimum atomic E-state index is -0.282. The zero-order valence-electron chi connectivity index (χ0n) is 6.61. The van der Waals surface area contributed by atoms with Gasteiger partial charge < -0.3 is 5.11 Å². The van der Waals surface area contributed by atoms with E-state index in [2.05, 4.69) is 15.1 Å². The molecule has 0 spiro atoms. The fraction of sp³-hybridized carbons (Fsp3) is 1.00. The quantitative estimate of drug-likeness (QED) is 0.349. The van der Waals surface area contributed by atoms with Crippen molar-refractivity contribution in [2.45, 2.75) is 20.0 Å². The predicted octanol–water partition coefficient (Wildman–Crippen LogP) is 1.31. The molecule has 4 heteroatoms. The molecule has 0 aromatic heterocycles. The van der Waals surface area contributed by atoms with E-state index in [0.717, 1.165) is 0 Å². The minimum Gasteiger partial charge on any atom is -0.393 e. The topological polar surface area (TPSA) is 69.0 Å². The van der Waals surface area contributed by atoms with Crippen LogP contribution in [0.2, 0.25) is 0 Å². The van der Waals surface area contributed by atoms with Crippen LogP contribution in [0.15, 0.2) is 5.11 Å². The number of azide groups is 1. The maximum absolute atomic E-state index is 7.93. The van der Waals surface area contributed by atoms with Crippen molar-refractivity contribution in [1.29, 1.82) is 1.43 Å². The van der Waals surface area contributed by atoms with Gasteiger partial charge in [-0.2, -0.15) is 0 Å². The summed E-state index contributed by atoms with van der Waals surface area (Å²) in [6.45, 7) is 4.05. The Kier molecular flexibility index (Phi) is 2.97. The first-order valence-corrected chi connectivity index (χ1v) is 2.85. The van der Waals surface area contributed by atoms with Crippen molar-refractivity contribution >= 4 is 0 Å². The second kappa shape index (κ2) is 4.18. The third kappa shape index (κ3) is 3.82. The van der Waals surface area contributed by atoms with Gasteiger partial charge in [-0.25, -0.2) is 0 Å². The van der Waals surface area contributed by atoms with E-state index in [1.807, 2.05) is 13.8 Å². The SMILES string of the molecule is [3H]O[C@@H](CN=[N+]=[N-])C(C)C. The van der Waals surface area contributed by atoms with Crippen LogP contribution in [-0.2, 0) is 0 Å². The molecule has 1 atom stereocenters. The van der Waals surface area contributed by atoms with Gasteiger partial charge in [0.05, 0.1) is 12.6 Å². The normalized spacial score (nSPS) is 14.3. The van der Waals surface area contributed by atoms with Crippen LogP contribution in [0.1, 0.15) is 13.8 Å². The number of aliphatic hydroxyl groups excluding tert-OH is 1. The van der Waals surface area contributed by atoms with Crippen molar-refractivity contribution in [3.63, 3.8) is 0 Å². The molecule has 0 rings (SSSR count). The zero-order chi connectivity index (χ0) is 7.98. The molecule has 0 saturated carbocycles. The van der Waals surface area contributed by atoms with Gasteiger partial charge in [0.15, 0.2) is 0 Å². The van der Waals surface area contributed by atoms with E-state index < -0.39 is 0 Å².